The van der Waals surface area contributed by atoms with Gasteiger partial charge in [0.2, 0.25) is 0 Å². The molecule has 176 valence electrons. The summed E-state index contributed by atoms with van der Waals surface area (Å²) in [5, 5.41) is 14.1. The van der Waals surface area contributed by atoms with Crippen LogP contribution in [0, 0.1) is 5.92 Å². The summed E-state index contributed by atoms with van der Waals surface area (Å²) in [5.41, 5.74) is 2.28. The highest BCUT2D eigenvalue weighted by Crippen LogP contribution is 2.28. The second-order valence-corrected chi connectivity index (χ2v) is 10.6. The predicted octanol–water partition coefficient (Wildman–Crippen LogP) is 4.70. The molecule has 2 atom stereocenters. The summed E-state index contributed by atoms with van der Waals surface area (Å²) < 4.78 is 30.7. The van der Waals surface area contributed by atoms with Gasteiger partial charge in [0.15, 0.2) is 0 Å². The molecule has 0 amide bonds. The molecule has 1 saturated carbocycles. The van der Waals surface area contributed by atoms with Crippen molar-refractivity contribution in [2.24, 2.45) is 5.92 Å². The number of benzene rings is 2. The van der Waals surface area contributed by atoms with Crippen LogP contribution >= 0.6 is 0 Å². The highest BCUT2D eigenvalue weighted by atomic mass is 32.2. The molecule has 4 rings (SSSR count). The number of nitrogens with zero attached hydrogens (tertiary/aromatic N) is 1. The summed E-state index contributed by atoms with van der Waals surface area (Å²) in [4.78, 5) is 0.210. The number of sulfonamides is 1. The summed E-state index contributed by atoms with van der Waals surface area (Å²) in [6.45, 7) is 2.47. The van der Waals surface area contributed by atoms with Crippen LogP contribution in [0.2, 0.25) is 0 Å². The van der Waals surface area contributed by atoms with Crippen LogP contribution in [0.5, 0.6) is 0 Å². The van der Waals surface area contributed by atoms with Gasteiger partial charge in [-0.3, -0.25) is 4.72 Å². The van der Waals surface area contributed by atoms with E-state index in [1.165, 1.54) is 19.3 Å². The lowest BCUT2D eigenvalue weighted by molar-refractivity contribution is 0.0551. The average Bonchev–Trinajstić information content (AvgIpc) is 3.38. The van der Waals surface area contributed by atoms with Crippen molar-refractivity contribution >= 4 is 15.7 Å². The molecule has 0 radical (unpaired) electrons. The van der Waals surface area contributed by atoms with E-state index in [1.807, 2.05) is 54.2 Å². The Morgan fingerprint density at radius 2 is 1.64 bits per heavy atom. The molecule has 7 heteroatoms. The molecule has 0 unspecified atom stereocenters. The molecule has 2 aromatic carbocycles. The van der Waals surface area contributed by atoms with Gasteiger partial charge in [0, 0.05) is 30.7 Å². The van der Waals surface area contributed by atoms with Gasteiger partial charge >= 0.3 is 0 Å². The second kappa shape index (κ2) is 10.5. The third-order valence-corrected chi connectivity index (χ3v) is 7.95. The summed E-state index contributed by atoms with van der Waals surface area (Å²) in [5.74, 6) is 0.338. The number of aliphatic hydroxyl groups is 1. The van der Waals surface area contributed by atoms with Gasteiger partial charge in [-0.2, -0.15) is 0 Å². The average molecular weight is 468 g/mol. The molecule has 1 aliphatic carbocycles. The number of anilines is 1. The van der Waals surface area contributed by atoms with Crippen molar-refractivity contribution < 1.29 is 13.5 Å². The summed E-state index contributed by atoms with van der Waals surface area (Å²) in [7, 11) is -3.73. The van der Waals surface area contributed by atoms with E-state index < -0.39 is 16.1 Å². The van der Waals surface area contributed by atoms with E-state index >= 15 is 0 Å². The summed E-state index contributed by atoms with van der Waals surface area (Å²) >= 11 is 0. The van der Waals surface area contributed by atoms with Crippen LogP contribution in [0.3, 0.4) is 0 Å². The van der Waals surface area contributed by atoms with Crippen LogP contribution in [0.1, 0.15) is 44.6 Å². The Hall–Kier alpha value is -2.61. The van der Waals surface area contributed by atoms with Crippen molar-refractivity contribution in [1.82, 2.24) is 9.88 Å². The predicted molar refractivity (Wildman–Crippen MR) is 132 cm³/mol. The molecule has 0 saturated heterocycles. The van der Waals surface area contributed by atoms with Crippen molar-refractivity contribution in [2.45, 2.75) is 62.6 Å². The first-order valence-electron chi connectivity index (χ1n) is 11.7. The molecule has 6 nitrogen and oxygen atoms in total. The lowest BCUT2D eigenvalue weighted by atomic mass is 9.83. The topological polar surface area (TPSA) is 83.4 Å². The molecular formula is C26H33N3O3S. The number of aliphatic hydroxyl groups excluding tert-OH is 1. The first kappa shape index (κ1) is 23.5. The number of nitrogens with one attached hydrogen (secondary N) is 2. The van der Waals surface area contributed by atoms with Gasteiger partial charge in [-0.25, -0.2) is 8.42 Å². The molecule has 0 bridgehead atoms. The largest absolute Gasteiger partial charge is 0.391 e. The molecule has 1 heterocycles. The van der Waals surface area contributed by atoms with Gasteiger partial charge in [-0.05, 0) is 73.7 Å². The van der Waals surface area contributed by atoms with Crippen LogP contribution < -0.4 is 10.0 Å². The zero-order valence-corrected chi connectivity index (χ0v) is 19.8. The number of aromatic nitrogens is 1. The first-order valence-corrected chi connectivity index (χ1v) is 13.2. The number of hydrogen-bond donors (Lipinski definition) is 3. The molecule has 1 aromatic heterocycles. The van der Waals surface area contributed by atoms with Crippen molar-refractivity contribution in [2.75, 3.05) is 4.72 Å². The van der Waals surface area contributed by atoms with Gasteiger partial charge in [0.25, 0.3) is 10.0 Å². The van der Waals surface area contributed by atoms with E-state index in [9.17, 15) is 13.5 Å². The lowest BCUT2D eigenvalue weighted by Gasteiger charge is -2.31. The van der Waals surface area contributed by atoms with Gasteiger partial charge < -0.3 is 15.0 Å². The number of para-hydroxylation sites is 1. The fraction of sp³-hybridized carbons (Fsp3) is 0.385. The molecule has 1 fully saturated rings. The third-order valence-electron chi connectivity index (χ3n) is 6.57. The highest BCUT2D eigenvalue weighted by molar-refractivity contribution is 7.92. The molecule has 0 aliphatic heterocycles. The van der Waals surface area contributed by atoms with Gasteiger partial charge in [-0.1, -0.05) is 37.5 Å². The maximum Gasteiger partial charge on any atom is 0.261 e. The smallest absolute Gasteiger partial charge is 0.261 e. The standard InChI is InChI=1S/C26H33N3O3S/c1-20(26(30)21-9-3-2-4-10-21)27-19-22-11-5-6-12-25(22)28-33(31,32)24-15-13-23(14-16-24)29-17-7-8-18-29/h5-8,11-18,20-21,26-28,30H,2-4,9-10,19H2,1H3/t20-,26-/m0/s1. The van der Waals surface area contributed by atoms with E-state index in [0.717, 1.165) is 24.1 Å². The van der Waals surface area contributed by atoms with Gasteiger partial charge in [0.05, 0.1) is 16.7 Å². The zero-order valence-electron chi connectivity index (χ0n) is 19.0. The minimum atomic E-state index is -3.73. The van der Waals surface area contributed by atoms with Crippen LogP contribution in [0.25, 0.3) is 5.69 Å². The Balaban J connectivity index is 1.42. The maximum absolute atomic E-state index is 13.0. The Kier molecular flexibility index (Phi) is 7.53. The minimum absolute atomic E-state index is 0.0704. The normalized spacial score (nSPS) is 16.9. The van der Waals surface area contributed by atoms with Gasteiger partial charge in [-0.15, -0.1) is 0 Å². The van der Waals surface area contributed by atoms with Crippen molar-refractivity contribution in [3.05, 3.63) is 78.6 Å². The van der Waals surface area contributed by atoms with E-state index in [1.54, 1.807) is 30.3 Å². The number of rotatable bonds is 9. The minimum Gasteiger partial charge on any atom is -0.391 e. The lowest BCUT2D eigenvalue weighted by Crippen LogP contribution is -2.42. The SMILES string of the molecule is C[C@H](NCc1ccccc1NS(=O)(=O)c1ccc(-n2cccc2)cc1)[C@H](O)C1CCCCC1. The van der Waals surface area contributed by atoms with Crippen molar-refractivity contribution in [3.63, 3.8) is 0 Å². The van der Waals surface area contributed by atoms with E-state index in [2.05, 4.69) is 10.0 Å². The Morgan fingerprint density at radius 3 is 2.33 bits per heavy atom. The third kappa shape index (κ3) is 5.85. The Labute approximate surface area is 196 Å². The molecule has 33 heavy (non-hydrogen) atoms. The van der Waals surface area contributed by atoms with E-state index in [4.69, 9.17) is 0 Å². The Morgan fingerprint density at radius 1 is 0.970 bits per heavy atom. The van der Waals surface area contributed by atoms with Crippen LogP contribution in [-0.2, 0) is 16.6 Å². The molecule has 1 aliphatic rings. The van der Waals surface area contributed by atoms with Crippen molar-refractivity contribution in [3.8, 4) is 5.69 Å². The summed E-state index contributed by atoms with van der Waals surface area (Å²) in [6, 6.07) is 18.0. The van der Waals surface area contributed by atoms with Crippen LogP contribution in [0.4, 0.5) is 5.69 Å². The van der Waals surface area contributed by atoms with Crippen LogP contribution in [0.15, 0.2) is 78.0 Å². The fourth-order valence-electron chi connectivity index (χ4n) is 4.56. The molecular weight excluding hydrogens is 434 g/mol. The maximum atomic E-state index is 13.0. The highest BCUT2D eigenvalue weighted by Gasteiger charge is 2.26. The quantitative estimate of drug-likeness (QED) is 0.426. The first-order chi connectivity index (χ1) is 15.9. The summed E-state index contributed by atoms with van der Waals surface area (Å²) in [6.07, 6.45) is 9.21. The van der Waals surface area contributed by atoms with E-state index in [-0.39, 0.29) is 10.9 Å². The van der Waals surface area contributed by atoms with Crippen LogP contribution in [-0.4, -0.2) is 30.2 Å². The number of hydrogen-bond acceptors (Lipinski definition) is 4. The monoisotopic (exact) mass is 467 g/mol. The molecule has 3 N–H and O–H groups in total. The van der Waals surface area contributed by atoms with Gasteiger partial charge in [0.1, 0.15) is 0 Å². The Bertz CT molecular complexity index is 1120. The van der Waals surface area contributed by atoms with Crippen molar-refractivity contribution in [1.29, 1.82) is 0 Å². The second-order valence-electron chi connectivity index (χ2n) is 8.91. The molecule has 0 spiro atoms. The van der Waals surface area contributed by atoms with E-state index in [0.29, 0.717) is 18.2 Å². The zero-order chi connectivity index (χ0) is 23.3. The molecule has 3 aromatic rings. The fourth-order valence-corrected chi connectivity index (χ4v) is 5.66.